The summed E-state index contributed by atoms with van der Waals surface area (Å²) in [4.78, 5) is 13.3. The van der Waals surface area contributed by atoms with Gasteiger partial charge >= 0.3 is 0 Å². The van der Waals surface area contributed by atoms with Crippen molar-refractivity contribution in [2.24, 2.45) is 0 Å². The van der Waals surface area contributed by atoms with Gasteiger partial charge in [0.25, 0.3) is 0 Å². The van der Waals surface area contributed by atoms with Gasteiger partial charge in [0, 0.05) is 48.1 Å². The van der Waals surface area contributed by atoms with Gasteiger partial charge in [-0.05, 0) is 58.4 Å². The largest absolute Gasteiger partial charge is 0.488 e. The maximum Gasteiger partial charge on any atom is 0.154 e. The predicted molar refractivity (Wildman–Crippen MR) is 132 cm³/mol. The molecular formula is C26H30N6O2. The molecule has 1 fully saturated rings. The van der Waals surface area contributed by atoms with Crippen LogP contribution in [0, 0.1) is 20.8 Å². The van der Waals surface area contributed by atoms with E-state index < -0.39 is 0 Å². The van der Waals surface area contributed by atoms with Gasteiger partial charge in [0.05, 0.1) is 23.9 Å². The molecule has 4 aromatic rings. The lowest BCUT2D eigenvalue weighted by Gasteiger charge is -2.35. The summed E-state index contributed by atoms with van der Waals surface area (Å²) in [6, 6.07) is 10.2. The van der Waals surface area contributed by atoms with Crippen LogP contribution in [-0.4, -0.2) is 42.9 Å². The van der Waals surface area contributed by atoms with Crippen LogP contribution in [0.1, 0.15) is 43.9 Å². The van der Waals surface area contributed by atoms with Gasteiger partial charge in [-0.1, -0.05) is 0 Å². The van der Waals surface area contributed by atoms with E-state index in [9.17, 15) is 0 Å². The monoisotopic (exact) mass is 458 g/mol. The molecule has 0 saturated carbocycles. The summed E-state index contributed by atoms with van der Waals surface area (Å²) in [5, 5.41) is 7.93. The summed E-state index contributed by atoms with van der Waals surface area (Å²) in [6.07, 6.45) is 5.61. The van der Waals surface area contributed by atoms with Crippen LogP contribution in [0.4, 0.5) is 11.6 Å². The zero-order valence-corrected chi connectivity index (χ0v) is 20.3. The average Bonchev–Trinajstić information content (AvgIpc) is 3.15. The van der Waals surface area contributed by atoms with E-state index in [4.69, 9.17) is 9.47 Å². The molecule has 1 N–H and O–H groups in total. The molecule has 5 heterocycles. The Morgan fingerprint density at radius 1 is 1.06 bits per heavy atom. The Morgan fingerprint density at radius 2 is 1.91 bits per heavy atom. The Balaban J connectivity index is 1.44. The van der Waals surface area contributed by atoms with E-state index in [-0.39, 0.29) is 11.7 Å². The molecule has 0 radical (unpaired) electrons. The number of aryl methyl sites for hydroxylation is 3. The van der Waals surface area contributed by atoms with Gasteiger partial charge in [0.15, 0.2) is 5.82 Å². The first-order chi connectivity index (χ1) is 16.2. The molecule has 0 spiro atoms. The van der Waals surface area contributed by atoms with Crippen LogP contribution in [-0.2, 0) is 4.74 Å². The first-order valence-electron chi connectivity index (χ1n) is 11.6. The lowest BCUT2D eigenvalue weighted by Crippen LogP contribution is -2.39. The molecule has 0 aliphatic carbocycles. The van der Waals surface area contributed by atoms with E-state index >= 15 is 0 Å². The maximum atomic E-state index is 6.46. The molecule has 1 aliphatic heterocycles. The second-order valence-corrected chi connectivity index (χ2v) is 9.54. The van der Waals surface area contributed by atoms with Crippen LogP contribution in [0.15, 0.2) is 42.7 Å². The van der Waals surface area contributed by atoms with Crippen LogP contribution in [0.5, 0.6) is 5.75 Å². The Labute approximate surface area is 199 Å². The van der Waals surface area contributed by atoms with Crippen molar-refractivity contribution in [2.75, 3.05) is 11.9 Å². The van der Waals surface area contributed by atoms with Gasteiger partial charge in [-0.15, -0.1) is 0 Å². The molecule has 5 rings (SSSR count). The van der Waals surface area contributed by atoms with Crippen LogP contribution in [0.2, 0.25) is 0 Å². The average molecular weight is 459 g/mol. The van der Waals surface area contributed by atoms with Crippen LogP contribution < -0.4 is 10.1 Å². The van der Waals surface area contributed by atoms with Crippen molar-refractivity contribution in [1.82, 2.24) is 24.6 Å². The van der Waals surface area contributed by atoms with Crippen LogP contribution in [0.25, 0.3) is 16.6 Å². The SMILES string of the molecule is Cc1cc(-c2ccn3nc(Nc4cc(C)nc(C)n4)cc3c2)c(OC2CCOC(C)(C)C2)cn1. The van der Waals surface area contributed by atoms with Crippen molar-refractivity contribution in [3.63, 3.8) is 0 Å². The number of rotatable bonds is 5. The molecule has 1 unspecified atom stereocenters. The van der Waals surface area contributed by atoms with Crippen molar-refractivity contribution in [2.45, 2.75) is 59.2 Å². The summed E-state index contributed by atoms with van der Waals surface area (Å²) in [5.74, 6) is 2.97. The fourth-order valence-electron chi connectivity index (χ4n) is 4.46. The molecule has 8 heteroatoms. The molecule has 0 bridgehead atoms. The van der Waals surface area contributed by atoms with Crippen molar-refractivity contribution in [3.05, 3.63) is 59.9 Å². The molecular weight excluding hydrogens is 428 g/mol. The number of ether oxygens (including phenoxy) is 2. The highest BCUT2D eigenvalue weighted by molar-refractivity contribution is 5.75. The van der Waals surface area contributed by atoms with Crippen LogP contribution in [0.3, 0.4) is 0 Å². The number of anilines is 2. The van der Waals surface area contributed by atoms with Crippen molar-refractivity contribution in [3.8, 4) is 16.9 Å². The van der Waals surface area contributed by atoms with Gasteiger partial charge in [-0.2, -0.15) is 5.10 Å². The third kappa shape index (κ3) is 4.87. The van der Waals surface area contributed by atoms with E-state index in [1.807, 2.05) is 49.8 Å². The second kappa shape index (κ2) is 8.68. The molecule has 0 aromatic carbocycles. The number of aromatic nitrogens is 5. The Bertz CT molecular complexity index is 1330. The van der Waals surface area contributed by atoms with Gasteiger partial charge in [0.2, 0.25) is 0 Å². The number of fused-ring (bicyclic) bond motifs is 1. The van der Waals surface area contributed by atoms with E-state index in [0.717, 1.165) is 64.1 Å². The van der Waals surface area contributed by atoms with E-state index in [2.05, 4.69) is 57.4 Å². The number of hydrogen-bond acceptors (Lipinski definition) is 7. The number of nitrogens with one attached hydrogen (secondary N) is 1. The lowest BCUT2D eigenvalue weighted by atomic mass is 9.95. The summed E-state index contributed by atoms with van der Waals surface area (Å²) >= 11 is 0. The van der Waals surface area contributed by atoms with Gasteiger partial charge in [-0.25, -0.2) is 14.5 Å². The molecule has 1 aliphatic rings. The van der Waals surface area contributed by atoms with Crippen molar-refractivity contribution >= 4 is 17.2 Å². The Hall–Kier alpha value is -3.52. The highest BCUT2D eigenvalue weighted by Crippen LogP contribution is 2.34. The number of nitrogens with zero attached hydrogens (tertiary/aromatic N) is 5. The molecule has 176 valence electrons. The number of pyridine rings is 2. The fraction of sp³-hybridized carbons (Fsp3) is 0.385. The quantitative estimate of drug-likeness (QED) is 0.440. The van der Waals surface area contributed by atoms with Gasteiger partial charge in [-0.3, -0.25) is 4.98 Å². The second-order valence-electron chi connectivity index (χ2n) is 9.54. The van der Waals surface area contributed by atoms with Crippen LogP contribution >= 0.6 is 0 Å². The van der Waals surface area contributed by atoms with E-state index in [1.165, 1.54) is 0 Å². The zero-order chi connectivity index (χ0) is 23.9. The minimum atomic E-state index is -0.179. The van der Waals surface area contributed by atoms with Gasteiger partial charge < -0.3 is 14.8 Å². The Kier molecular flexibility index (Phi) is 5.69. The summed E-state index contributed by atoms with van der Waals surface area (Å²) < 4.78 is 14.2. The third-order valence-electron chi connectivity index (χ3n) is 5.95. The highest BCUT2D eigenvalue weighted by atomic mass is 16.5. The van der Waals surface area contributed by atoms with Crippen molar-refractivity contribution in [1.29, 1.82) is 0 Å². The highest BCUT2D eigenvalue weighted by Gasteiger charge is 2.30. The molecule has 0 amide bonds. The summed E-state index contributed by atoms with van der Waals surface area (Å²) in [7, 11) is 0. The molecule has 34 heavy (non-hydrogen) atoms. The maximum absolute atomic E-state index is 6.46. The molecule has 4 aromatic heterocycles. The normalized spacial score (nSPS) is 17.6. The molecule has 8 nitrogen and oxygen atoms in total. The van der Waals surface area contributed by atoms with E-state index in [1.54, 1.807) is 0 Å². The minimum Gasteiger partial charge on any atom is -0.488 e. The van der Waals surface area contributed by atoms with Crippen molar-refractivity contribution < 1.29 is 9.47 Å². The van der Waals surface area contributed by atoms with E-state index in [0.29, 0.717) is 6.61 Å². The zero-order valence-electron chi connectivity index (χ0n) is 20.3. The van der Waals surface area contributed by atoms with Gasteiger partial charge in [0.1, 0.15) is 23.5 Å². The topological polar surface area (TPSA) is 86.5 Å². The molecule has 1 atom stereocenters. The summed E-state index contributed by atoms with van der Waals surface area (Å²) in [5.41, 5.74) is 4.73. The number of hydrogen-bond donors (Lipinski definition) is 1. The summed E-state index contributed by atoms with van der Waals surface area (Å²) in [6.45, 7) is 10.8. The standard InChI is InChI=1S/C26H30N6O2/c1-16-10-22(23(15-27-16)34-21-7-9-33-26(4,5)14-21)19-6-8-32-20(12-19)13-25(31-32)30-24-11-17(2)28-18(3)29-24/h6,8,10-13,15,21H,7,9,14H2,1-5H3,(H,28,29,30,31). The first-order valence-corrected chi connectivity index (χ1v) is 11.6. The fourth-order valence-corrected chi connectivity index (χ4v) is 4.46. The predicted octanol–water partition coefficient (Wildman–Crippen LogP) is 5.19. The minimum absolute atomic E-state index is 0.0984. The Morgan fingerprint density at radius 3 is 2.71 bits per heavy atom. The lowest BCUT2D eigenvalue weighted by molar-refractivity contribution is -0.0896. The smallest absolute Gasteiger partial charge is 0.154 e. The molecule has 1 saturated heterocycles. The first kappa shape index (κ1) is 22.3. The third-order valence-corrected chi connectivity index (χ3v) is 5.95.